The minimum atomic E-state index is -1.75. The number of fused-ring (bicyclic) bond motifs is 2. The minimum Gasteiger partial charge on any atom is -0.330 e. The van der Waals surface area contributed by atoms with E-state index in [9.17, 15) is 23.2 Å². The summed E-state index contributed by atoms with van der Waals surface area (Å²) < 4.78 is 29.6. The van der Waals surface area contributed by atoms with Crippen molar-refractivity contribution >= 4 is 39.4 Å². The Hall–Kier alpha value is -4.21. The van der Waals surface area contributed by atoms with Gasteiger partial charge < -0.3 is 11.5 Å². The molecule has 0 saturated carbocycles. The zero-order valence-corrected chi connectivity index (χ0v) is 24.0. The monoisotopic (exact) mass is 586 g/mol. The number of carbonyl (C=O) groups excluding carboxylic acids is 3. The van der Waals surface area contributed by atoms with E-state index in [1.807, 2.05) is 0 Å². The molecule has 4 aromatic carbocycles. The molecule has 0 unspecified atom stereocenters. The van der Waals surface area contributed by atoms with Crippen molar-refractivity contribution < 1.29 is 23.2 Å². The Morgan fingerprint density at radius 3 is 1.35 bits per heavy atom. The first-order valence-corrected chi connectivity index (χ1v) is 14.7. The summed E-state index contributed by atoms with van der Waals surface area (Å²) in [4.78, 5) is 45.2. The Bertz CT molecular complexity index is 1550. The van der Waals surface area contributed by atoms with Crippen LogP contribution in [0, 0.1) is 17.0 Å². The van der Waals surface area contributed by atoms with E-state index >= 15 is 0 Å². The molecule has 1 aliphatic heterocycles. The molecule has 224 valence electrons. The lowest BCUT2D eigenvalue weighted by molar-refractivity contribution is -0.159. The smallest absolute Gasteiger partial charge is 0.330 e. The predicted molar refractivity (Wildman–Crippen MR) is 163 cm³/mol. The number of carbonyl (C=O) groups is 3. The Morgan fingerprint density at radius 1 is 0.558 bits per heavy atom. The van der Waals surface area contributed by atoms with Crippen LogP contribution >= 0.6 is 0 Å². The van der Waals surface area contributed by atoms with Gasteiger partial charge >= 0.3 is 6.03 Å². The quantitative estimate of drug-likeness (QED) is 0.173. The third-order valence-electron chi connectivity index (χ3n) is 8.35. The average molecular weight is 587 g/mol. The van der Waals surface area contributed by atoms with Gasteiger partial charge in [0.15, 0.2) is 0 Å². The van der Waals surface area contributed by atoms with E-state index in [4.69, 9.17) is 11.5 Å². The highest BCUT2D eigenvalue weighted by Gasteiger charge is 2.57. The zero-order valence-electron chi connectivity index (χ0n) is 24.0. The van der Waals surface area contributed by atoms with Crippen molar-refractivity contribution in [2.75, 3.05) is 26.2 Å². The number of rotatable bonds is 12. The van der Waals surface area contributed by atoms with Crippen molar-refractivity contribution in [3.8, 4) is 0 Å². The Labute approximate surface area is 249 Å². The number of benzene rings is 4. The molecule has 0 bridgehead atoms. The van der Waals surface area contributed by atoms with Crippen molar-refractivity contribution in [1.82, 2.24) is 9.80 Å². The van der Waals surface area contributed by atoms with Crippen LogP contribution < -0.4 is 11.5 Å². The largest absolute Gasteiger partial charge is 0.333 e. The highest BCUT2D eigenvalue weighted by atomic mass is 19.1. The summed E-state index contributed by atoms with van der Waals surface area (Å²) in [5.41, 5.74) is 10.9. The first-order valence-electron chi connectivity index (χ1n) is 14.7. The maximum atomic E-state index is 14.8. The van der Waals surface area contributed by atoms with Gasteiger partial charge in [-0.3, -0.25) is 19.4 Å². The van der Waals surface area contributed by atoms with Crippen LogP contribution in [0.4, 0.5) is 13.6 Å². The summed E-state index contributed by atoms with van der Waals surface area (Å²) in [5, 5.41) is 1.89. The zero-order chi connectivity index (χ0) is 30.6. The molecule has 1 heterocycles. The standard InChI is InChI=1S/C34H36F2N4O3/c35-29-15-13-23(25-9-1-3-11-27(25)29)21-34(22-24-14-16-30(36)28-12-4-2-10-26(24)28)31(41)39(19-7-5-17-37)33(43)40(32(34)42)20-8-6-18-38/h1-4,9-16H,5-8,17-22,37-38H2. The van der Waals surface area contributed by atoms with Gasteiger partial charge in [-0.2, -0.15) is 0 Å². The van der Waals surface area contributed by atoms with E-state index < -0.39 is 34.9 Å². The Kier molecular flexibility index (Phi) is 9.13. The molecule has 5 rings (SSSR count). The van der Waals surface area contributed by atoms with Gasteiger partial charge in [0.25, 0.3) is 0 Å². The molecule has 0 aromatic heterocycles. The SMILES string of the molecule is NCCCCN1C(=O)N(CCCCN)C(=O)C(Cc2ccc(F)c3ccccc23)(Cc2ccc(F)c3ccccc23)C1=O. The number of nitrogens with zero attached hydrogens (tertiary/aromatic N) is 2. The first-order chi connectivity index (χ1) is 20.8. The summed E-state index contributed by atoms with van der Waals surface area (Å²) >= 11 is 0. The molecular formula is C34H36F2N4O3. The second-order valence-electron chi connectivity index (χ2n) is 11.1. The van der Waals surface area contributed by atoms with Crippen molar-refractivity contribution in [2.45, 2.75) is 38.5 Å². The maximum absolute atomic E-state index is 14.8. The van der Waals surface area contributed by atoms with E-state index in [1.54, 1.807) is 60.7 Å². The molecule has 7 nitrogen and oxygen atoms in total. The average Bonchev–Trinajstić information content (AvgIpc) is 3.02. The number of amides is 4. The Balaban J connectivity index is 1.70. The van der Waals surface area contributed by atoms with Crippen LogP contribution in [0.3, 0.4) is 0 Å². The van der Waals surface area contributed by atoms with Crippen LogP contribution in [0.15, 0.2) is 72.8 Å². The van der Waals surface area contributed by atoms with E-state index in [0.717, 1.165) is 9.80 Å². The van der Waals surface area contributed by atoms with Crippen LogP contribution in [-0.4, -0.2) is 53.8 Å². The van der Waals surface area contributed by atoms with Crippen LogP contribution in [-0.2, 0) is 22.4 Å². The maximum Gasteiger partial charge on any atom is 0.333 e. The van der Waals surface area contributed by atoms with Gasteiger partial charge in [-0.25, -0.2) is 13.6 Å². The number of halogens is 2. The molecule has 9 heteroatoms. The number of hydrogen-bond donors (Lipinski definition) is 2. The molecule has 0 radical (unpaired) electrons. The predicted octanol–water partition coefficient (Wildman–Crippen LogP) is 5.31. The lowest BCUT2D eigenvalue weighted by Gasteiger charge is -2.44. The van der Waals surface area contributed by atoms with Crippen LogP contribution in [0.25, 0.3) is 21.5 Å². The molecule has 1 aliphatic rings. The fraction of sp³-hybridized carbons (Fsp3) is 0.324. The van der Waals surface area contributed by atoms with Gasteiger partial charge in [0.05, 0.1) is 0 Å². The summed E-state index contributed by atoms with van der Waals surface area (Å²) in [5.74, 6) is -2.06. The Morgan fingerprint density at radius 2 is 0.953 bits per heavy atom. The van der Waals surface area contributed by atoms with Crippen LogP contribution in [0.5, 0.6) is 0 Å². The lowest BCUT2D eigenvalue weighted by Crippen LogP contribution is -2.66. The molecule has 43 heavy (non-hydrogen) atoms. The summed E-state index contributed by atoms with van der Waals surface area (Å²) in [6, 6.07) is 19.0. The van der Waals surface area contributed by atoms with Gasteiger partial charge in [0.2, 0.25) is 11.8 Å². The van der Waals surface area contributed by atoms with Gasteiger partial charge in [-0.1, -0.05) is 60.7 Å². The number of hydrogen-bond acceptors (Lipinski definition) is 5. The third kappa shape index (κ3) is 5.75. The number of imide groups is 2. The van der Waals surface area contributed by atoms with Gasteiger partial charge in [-0.15, -0.1) is 0 Å². The van der Waals surface area contributed by atoms with Crippen molar-refractivity contribution in [2.24, 2.45) is 16.9 Å². The number of barbiturate groups is 1. The fourth-order valence-corrected chi connectivity index (χ4v) is 6.12. The topological polar surface area (TPSA) is 110 Å². The third-order valence-corrected chi connectivity index (χ3v) is 8.35. The van der Waals surface area contributed by atoms with E-state index in [-0.39, 0.29) is 25.9 Å². The van der Waals surface area contributed by atoms with Crippen LogP contribution in [0.2, 0.25) is 0 Å². The molecule has 0 atom stereocenters. The summed E-state index contributed by atoms with van der Waals surface area (Å²) in [7, 11) is 0. The van der Waals surface area contributed by atoms with E-state index in [1.165, 1.54) is 12.1 Å². The van der Waals surface area contributed by atoms with Crippen molar-refractivity contribution in [1.29, 1.82) is 0 Å². The molecule has 0 aliphatic carbocycles. The van der Waals surface area contributed by atoms with Gasteiger partial charge in [0.1, 0.15) is 17.0 Å². The molecule has 4 amide bonds. The highest BCUT2D eigenvalue weighted by Crippen LogP contribution is 2.40. The molecule has 0 spiro atoms. The molecule has 1 fully saturated rings. The minimum absolute atomic E-state index is 0.0782. The molecule has 4 N–H and O–H groups in total. The second kappa shape index (κ2) is 13.0. The van der Waals surface area contributed by atoms with Crippen LogP contribution in [0.1, 0.15) is 36.8 Å². The van der Waals surface area contributed by atoms with Gasteiger partial charge in [-0.05, 0) is 85.6 Å². The number of unbranched alkanes of at least 4 members (excludes halogenated alkanes) is 2. The lowest BCUT2D eigenvalue weighted by atomic mass is 9.71. The van der Waals surface area contributed by atoms with Gasteiger partial charge in [0, 0.05) is 23.9 Å². The van der Waals surface area contributed by atoms with E-state index in [2.05, 4.69) is 0 Å². The van der Waals surface area contributed by atoms with E-state index in [0.29, 0.717) is 71.4 Å². The molecular weight excluding hydrogens is 550 g/mol. The summed E-state index contributed by atoms with van der Waals surface area (Å²) in [6.45, 7) is 0.991. The second-order valence-corrected chi connectivity index (χ2v) is 11.1. The molecule has 1 saturated heterocycles. The first kappa shape index (κ1) is 30.3. The highest BCUT2D eigenvalue weighted by molar-refractivity contribution is 6.19. The number of nitrogens with two attached hydrogens (primary N) is 2. The fourth-order valence-electron chi connectivity index (χ4n) is 6.12. The molecule has 4 aromatic rings. The normalized spacial score (nSPS) is 15.2. The van der Waals surface area contributed by atoms with Crippen molar-refractivity contribution in [3.05, 3.63) is 95.6 Å². The van der Waals surface area contributed by atoms with Crippen molar-refractivity contribution in [3.63, 3.8) is 0 Å². The summed E-state index contributed by atoms with van der Waals surface area (Å²) in [6.07, 6.45) is 1.99. The number of urea groups is 1.